The predicted molar refractivity (Wildman–Crippen MR) is 40.4 cm³/mol. The first-order chi connectivity index (χ1) is 7.63. The third-order valence-corrected chi connectivity index (χ3v) is 2.50. The number of aliphatic hydroxyl groups excluding tert-OH is 3. The zero-order chi connectivity index (χ0) is 13.4. The summed E-state index contributed by atoms with van der Waals surface area (Å²) in [5.41, 5.74) is 0. The lowest BCUT2D eigenvalue weighted by Crippen LogP contribution is -2.62. The number of ether oxygens (including phenoxy) is 1. The van der Waals surface area contributed by atoms with Gasteiger partial charge in [0.15, 0.2) is 6.29 Å². The number of hydrogen-bond acceptors (Lipinski definition) is 10. The van der Waals surface area contributed by atoms with E-state index >= 15 is 0 Å². The van der Waals surface area contributed by atoms with Gasteiger partial charge in [0, 0.05) is 0 Å². The van der Waals surface area contributed by atoms with Crippen LogP contribution in [0.2, 0.25) is 0 Å². The fourth-order valence-corrected chi connectivity index (χ4v) is 1.69. The molecule has 0 saturated carbocycles. The van der Waals surface area contributed by atoms with E-state index in [1.165, 1.54) is 0 Å². The number of carbonyl (C=O) groups excluding carboxylic acids is 1. The highest BCUT2D eigenvalue weighted by Gasteiger charge is 2.45. The van der Waals surface area contributed by atoms with E-state index in [-0.39, 0.29) is 0 Å². The Morgan fingerprint density at radius 2 is 1.71 bits per heavy atom. The van der Waals surface area contributed by atoms with Crippen LogP contribution in [-0.4, -0.2) is 52.0 Å². The molecule has 0 aromatic carbocycles. The van der Waals surface area contributed by atoms with E-state index in [0.29, 0.717) is 0 Å². The van der Waals surface area contributed by atoms with Crippen molar-refractivity contribution in [3.63, 3.8) is 0 Å². The van der Waals surface area contributed by atoms with Gasteiger partial charge in [0.2, 0.25) is 0 Å². The van der Waals surface area contributed by atoms with Crippen molar-refractivity contribution in [1.82, 2.24) is 0 Å². The van der Waals surface area contributed by atoms with Crippen molar-refractivity contribution in [2.24, 2.45) is 0 Å². The van der Waals surface area contributed by atoms with Gasteiger partial charge in [-0.25, -0.2) is 0 Å². The van der Waals surface area contributed by atoms with Gasteiger partial charge in [-0.2, -0.15) is 0 Å². The standard InChI is InChI=1S/C6H11O10P/c7-1-2(8)4(5(10)11)15-6(3(1)9)16-17(12,13)14/h1-4,6-9H,(H,10,11)(H2,12,13,14)/p-3/t1-,2-,3+,4-,6+/m0/s1. The van der Waals surface area contributed by atoms with Crippen LogP contribution in [0.1, 0.15) is 0 Å². The van der Waals surface area contributed by atoms with E-state index in [1.807, 2.05) is 0 Å². The van der Waals surface area contributed by atoms with Gasteiger partial charge >= 0.3 is 0 Å². The minimum atomic E-state index is -5.57. The molecule has 3 N–H and O–H groups in total. The quantitative estimate of drug-likeness (QED) is 0.418. The summed E-state index contributed by atoms with van der Waals surface area (Å²) in [6, 6.07) is 0. The molecule has 0 radical (unpaired) electrons. The Labute approximate surface area is 94.3 Å². The summed E-state index contributed by atoms with van der Waals surface area (Å²) < 4.78 is 18.3. The molecular weight excluding hydrogens is 263 g/mol. The Balaban J connectivity index is 2.85. The summed E-state index contributed by atoms with van der Waals surface area (Å²) in [7, 11) is -5.57. The number of rotatable bonds is 3. The minimum absolute atomic E-state index is 1.97. The monoisotopic (exact) mass is 271 g/mol. The summed E-state index contributed by atoms with van der Waals surface area (Å²) in [4.78, 5) is 31.0. The molecule has 1 saturated heterocycles. The fraction of sp³-hybridized carbons (Fsp3) is 0.833. The maximum atomic E-state index is 10.5. The molecule has 0 amide bonds. The normalized spacial score (nSPS) is 39.0. The topological polar surface area (TPSA) is 182 Å². The molecule has 1 rings (SSSR count). The number of aliphatic carboxylic acids is 1. The number of carboxylic acids is 1. The number of carboxylic acid groups (broad SMARTS) is 1. The van der Waals surface area contributed by atoms with E-state index in [0.717, 1.165) is 0 Å². The Kier molecular flexibility index (Phi) is 4.23. The van der Waals surface area contributed by atoms with Gasteiger partial charge in [-0.15, -0.1) is 0 Å². The molecule has 10 nitrogen and oxygen atoms in total. The van der Waals surface area contributed by atoms with Crippen LogP contribution in [0, 0.1) is 0 Å². The Hall–Kier alpha value is -0.580. The average Bonchev–Trinajstić information content (AvgIpc) is 2.16. The zero-order valence-electron chi connectivity index (χ0n) is 8.03. The van der Waals surface area contributed by atoms with E-state index < -0.39 is 44.5 Å². The molecule has 17 heavy (non-hydrogen) atoms. The second kappa shape index (κ2) is 4.96. The highest BCUT2D eigenvalue weighted by atomic mass is 31.2. The first-order valence-corrected chi connectivity index (χ1v) is 5.70. The Bertz CT molecular complexity index is 338. The fourth-order valence-electron chi connectivity index (χ4n) is 1.26. The SMILES string of the molecule is O=C([O-])[C@H]1O[C@H](OP(=O)([O-])[O-])[C@H](O)[C@@H](O)[C@@H]1O. The highest BCUT2D eigenvalue weighted by Crippen LogP contribution is 2.33. The van der Waals surface area contributed by atoms with Crippen LogP contribution in [-0.2, 0) is 18.6 Å². The smallest absolute Gasteiger partial charge is 0.191 e. The molecule has 0 unspecified atom stereocenters. The molecule has 1 heterocycles. The third kappa shape index (κ3) is 3.44. The Morgan fingerprint density at radius 1 is 1.18 bits per heavy atom. The van der Waals surface area contributed by atoms with E-state index in [9.17, 15) is 34.5 Å². The first kappa shape index (κ1) is 14.5. The third-order valence-electron chi connectivity index (χ3n) is 2.03. The summed E-state index contributed by atoms with van der Waals surface area (Å²) in [6.07, 6.45) is -10.6. The van der Waals surface area contributed by atoms with Gasteiger partial charge in [0.1, 0.15) is 24.4 Å². The average molecular weight is 271 g/mol. The molecule has 1 aliphatic rings. The lowest BCUT2D eigenvalue weighted by Gasteiger charge is -2.43. The second-order valence-electron chi connectivity index (χ2n) is 3.27. The van der Waals surface area contributed by atoms with Crippen LogP contribution in [0.4, 0.5) is 0 Å². The van der Waals surface area contributed by atoms with Crippen molar-refractivity contribution < 1.29 is 48.8 Å². The van der Waals surface area contributed by atoms with Crippen molar-refractivity contribution in [2.45, 2.75) is 30.7 Å². The van der Waals surface area contributed by atoms with Gasteiger partial charge in [-0.05, 0) is 0 Å². The molecule has 0 aromatic rings. The van der Waals surface area contributed by atoms with Crippen molar-refractivity contribution in [3.05, 3.63) is 0 Å². The van der Waals surface area contributed by atoms with E-state index in [2.05, 4.69) is 9.26 Å². The van der Waals surface area contributed by atoms with E-state index in [4.69, 9.17) is 5.11 Å². The summed E-state index contributed by atoms with van der Waals surface area (Å²) in [5.74, 6) is -1.97. The van der Waals surface area contributed by atoms with Gasteiger partial charge < -0.3 is 48.8 Å². The van der Waals surface area contributed by atoms with Gasteiger partial charge in [0.05, 0.1) is 13.8 Å². The molecule has 11 heteroatoms. The molecule has 1 fully saturated rings. The maximum absolute atomic E-state index is 10.5. The number of phosphoric ester groups is 1. The Morgan fingerprint density at radius 3 is 2.12 bits per heavy atom. The summed E-state index contributed by atoms with van der Waals surface area (Å²) in [6.45, 7) is 0. The molecule has 0 spiro atoms. The maximum Gasteiger partial charge on any atom is 0.191 e. The van der Waals surface area contributed by atoms with Gasteiger partial charge in [0.25, 0.3) is 0 Å². The first-order valence-electron chi connectivity index (χ1n) is 4.24. The van der Waals surface area contributed by atoms with Gasteiger partial charge in [-0.1, -0.05) is 0 Å². The highest BCUT2D eigenvalue weighted by molar-refractivity contribution is 7.43. The van der Waals surface area contributed by atoms with Crippen LogP contribution >= 0.6 is 7.82 Å². The largest absolute Gasteiger partial charge is 0.790 e. The van der Waals surface area contributed by atoms with Crippen LogP contribution in [0.5, 0.6) is 0 Å². The molecule has 0 aliphatic carbocycles. The van der Waals surface area contributed by atoms with Crippen molar-refractivity contribution in [3.8, 4) is 0 Å². The van der Waals surface area contributed by atoms with Crippen LogP contribution in [0.3, 0.4) is 0 Å². The summed E-state index contributed by atoms with van der Waals surface area (Å²) in [5, 5.41) is 38.0. The van der Waals surface area contributed by atoms with Crippen LogP contribution in [0.15, 0.2) is 0 Å². The number of carbonyl (C=O) groups is 1. The number of aliphatic hydroxyl groups is 3. The molecular formula is C6H8O10P-3. The predicted octanol–water partition coefficient (Wildman–Crippen LogP) is -5.61. The lowest BCUT2D eigenvalue weighted by atomic mass is 9.99. The minimum Gasteiger partial charge on any atom is -0.790 e. The second-order valence-corrected chi connectivity index (χ2v) is 4.37. The molecule has 100 valence electrons. The van der Waals surface area contributed by atoms with Crippen molar-refractivity contribution in [2.75, 3.05) is 0 Å². The molecule has 0 aromatic heterocycles. The van der Waals surface area contributed by atoms with Crippen molar-refractivity contribution >= 4 is 13.8 Å². The summed E-state index contributed by atoms with van der Waals surface area (Å²) >= 11 is 0. The number of phosphoric acid groups is 1. The number of hydrogen-bond donors (Lipinski definition) is 3. The van der Waals surface area contributed by atoms with Crippen LogP contribution < -0.4 is 14.9 Å². The zero-order valence-corrected chi connectivity index (χ0v) is 8.93. The molecule has 1 aliphatic heterocycles. The lowest BCUT2D eigenvalue weighted by molar-refractivity contribution is -0.376. The van der Waals surface area contributed by atoms with Gasteiger partial charge in [-0.3, -0.25) is 0 Å². The van der Waals surface area contributed by atoms with Crippen molar-refractivity contribution in [1.29, 1.82) is 0 Å². The molecule has 0 bridgehead atoms. The molecule has 5 atom stereocenters. The van der Waals surface area contributed by atoms with E-state index in [1.54, 1.807) is 0 Å². The van der Waals surface area contributed by atoms with Crippen LogP contribution in [0.25, 0.3) is 0 Å².